The van der Waals surface area contributed by atoms with E-state index in [0.29, 0.717) is 11.3 Å². The number of carbonyl (C=O) groups excluding carboxylic acids is 2. The van der Waals surface area contributed by atoms with Crippen molar-refractivity contribution in [3.05, 3.63) is 23.8 Å². The van der Waals surface area contributed by atoms with Crippen molar-refractivity contribution in [3.8, 4) is 0 Å². The second-order valence-corrected chi connectivity index (χ2v) is 5.55. The molecular weight excluding hydrogens is 254 g/mol. The highest BCUT2D eigenvalue weighted by molar-refractivity contribution is 6.00. The molecule has 1 aliphatic heterocycles. The first-order valence-electron chi connectivity index (χ1n) is 7.15. The molecule has 20 heavy (non-hydrogen) atoms. The van der Waals surface area contributed by atoms with Gasteiger partial charge in [-0.15, -0.1) is 0 Å². The monoisotopic (exact) mass is 273 g/mol. The largest absolute Gasteiger partial charge is 0.370 e. The van der Waals surface area contributed by atoms with Crippen LogP contribution in [0.15, 0.2) is 18.2 Å². The number of nitrogens with one attached hydrogen (secondary N) is 1. The summed E-state index contributed by atoms with van der Waals surface area (Å²) in [6.45, 7) is 1.98. The molecule has 106 valence electrons. The zero-order valence-electron chi connectivity index (χ0n) is 11.4. The molecule has 2 aliphatic rings. The number of nitrogens with two attached hydrogens (primary N) is 1. The van der Waals surface area contributed by atoms with Gasteiger partial charge in [0.2, 0.25) is 11.8 Å². The second kappa shape index (κ2) is 5.15. The minimum Gasteiger partial charge on any atom is -0.370 e. The Morgan fingerprint density at radius 1 is 1.20 bits per heavy atom. The molecule has 0 unspecified atom stereocenters. The molecule has 1 aliphatic carbocycles. The molecule has 0 atom stereocenters. The van der Waals surface area contributed by atoms with Gasteiger partial charge in [-0.1, -0.05) is 0 Å². The van der Waals surface area contributed by atoms with E-state index >= 15 is 0 Å². The molecule has 1 aromatic carbocycles. The van der Waals surface area contributed by atoms with Crippen LogP contribution in [0.4, 0.5) is 11.4 Å². The number of carbonyl (C=O) groups is 2. The lowest BCUT2D eigenvalue weighted by molar-refractivity contribution is -0.117. The van der Waals surface area contributed by atoms with Gasteiger partial charge in [-0.25, -0.2) is 0 Å². The number of benzene rings is 1. The first-order chi connectivity index (χ1) is 9.65. The highest BCUT2D eigenvalue weighted by Crippen LogP contribution is 2.34. The van der Waals surface area contributed by atoms with Gasteiger partial charge in [0.1, 0.15) is 0 Å². The number of primary amides is 1. The number of rotatable bonds is 4. The fourth-order valence-electron chi connectivity index (χ4n) is 2.60. The summed E-state index contributed by atoms with van der Waals surface area (Å²) in [4.78, 5) is 25.5. The molecule has 0 spiro atoms. The van der Waals surface area contributed by atoms with Crippen LogP contribution in [0.5, 0.6) is 0 Å². The number of hydrogen-bond acceptors (Lipinski definition) is 3. The van der Waals surface area contributed by atoms with E-state index in [4.69, 9.17) is 5.73 Å². The van der Waals surface area contributed by atoms with Gasteiger partial charge < -0.3 is 16.0 Å². The van der Waals surface area contributed by atoms with Crippen LogP contribution in [-0.4, -0.2) is 24.9 Å². The lowest BCUT2D eigenvalue weighted by atomic mass is 10.1. The van der Waals surface area contributed by atoms with Gasteiger partial charge in [-0.2, -0.15) is 0 Å². The Morgan fingerprint density at radius 3 is 2.50 bits per heavy atom. The van der Waals surface area contributed by atoms with E-state index in [-0.39, 0.29) is 11.8 Å². The van der Waals surface area contributed by atoms with Crippen LogP contribution >= 0.6 is 0 Å². The second-order valence-electron chi connectivity index (χ2n) is 5.55. The van der Waals surface area contributed by atoms with Crippen molar-refractivity contribution < 1.29 is 9.59 Å². The quantitative estimate of drug-likeness (QED) is 0.877. The molecular formula is C15H19N3O2. The molecule has 0 bridgehead atoms. The molecule has 2 amide bonds. The lowest BCUT2D eigenvalue weighted by Gasteiger charge is -2.22. The van der Waals surface area contributed by atoms with Gasteiger partial charge in [-0.3, -0.25) is 9.59 Å². The molecule has 1 saturated carbocycles. The summed E-state index contributed by atoms with van der Waals surface area (Å²) in [6.07, 6.45) is 4.24. The highest BCUT2D eigenvalue weighted by Gasteiger charge is 2.30. The zero-order valence-corrected chi connectivity index (χ0v) is 11.4. The predicted octanol–water partition coefficient (Wildman–Crippen LogP) is 1.73. The standard InChI is InChI=1S/C15H19N3O2/c16-14(19)11-5-6-13(18-7-1-2-8-18)12(9-11)17-15(20)10-3-4-10/h5-6,9-10H,1-4,7-8H2,(H2,16,19)(H,17,20). The number of hydrogen-bond donors (Lipinski definition) is 2. The van der Waals surface area contributed by atoms with E-state index in [1.807, 2.05) is 6.07 Å². The van der Waals surface area contributed by atoms with Crippen LogP contribution in [-0.2, 0) is 4.79 Å². The van der Waals surface area contributed by atoms with Crippen LogP contribution in [0.3, 0.4) is 0 Å². The number of amides is 2. The average molecular weight is 273 g/mol. The summed E-state index contributed by atoms with van der Waals surface area (Å²) >= 11 is 0. The van der Waals surface area contributed by atoms with Crippen molar-refractivity contribution in [1.82, 2.24) is 0 Å². The van der Waals surface area contributed by atoms with Crippen molar-refractivity contribution in [3.63, 3.8) is 0 Å². The van der Waals surface area contributed by atoms with E-state index in [1.54, 1.807) is 12.1 Å². The Bertz CT molecular complexity index is 546. The third-order valence-corrected chi connectivity index (χ3v) is 3.93. The van der Waals surface area contributed by atoms with Crippen molar-refractivity contribution in [1.29, 1.82) is 0 Å². The van der Waals surface area contributed by atoms with E-state index in [9.17, 15) is 9.59 Å². The Labute approximate surface area is 118 Å². The fourth-order valence-corrected chi connectivity index (χ4v) is 2.60. The Hall–Kier alpha value is -2.04. The van der Waals surface area contributed by atoms with Crippen LogP contribution in [0.1, 0.15) is 36.0 Å². The smallest absolute Gasteiger partial charge is 0.248 e. The first-order valence-corrected chi connectivity index (χ1v) is 7.15. The van der Waals surface area contributed by atoms with Crippen LogP contribution < -0.4 is 16.0 Å². The van der Waals surface area contributed by atoms with E-state index in [2.05, 4.69) is 10.2 Å². The van der Waals surface area contributed by atoms with Gasteiger partial charge in [0.05, 0.1) is 11.4 Å². The summed E-state index contributed by atoms with van der Waals surface area (Å²) < 4.78 is 0. The molecule has 3 N–H and O–H groups in total. The maximum Gasteiger partial charge on any atom is 0.248 e. The molecule has 3 rings (SSSR count). The van der Waals surface area contributed by atoms with Gasteiger partial charge in [-0.05, 0) is 43.9 Å². The summed E-state index contributed by atoms with van der Waals surface area (Å²) in [5, 5.41) is 2.96. The van der Waals surface area contributed by atoms with Crippen molar-refractivity contribution in [2.45, 2.75) is 25.7 Å². The Kier molecular flexibility index (Phi) is 3.34. The third-order valence-electron chi connectivity index (χ3n) is 3.93. The lowest BCUT2D eigenvalue weighted by Crippen LogP contribution is -2.22. The highest BCUT2D eigenvalue weighted by atomic mass is 16.2. The van der Waals surface area contributed by atoms with Gasteiger partial charge in [0.15, 0.2) is 0 Å². The molecule has 5 nitrogen and oxygen atoms in total. The summed E-state index contributed by atoms with van der Waals surface area (Å²) in [6, 6.07) is 5.30. The van der Waals surface area contributed by atoms with Crippen LogP contribution in [0.25, 0.3) is 0 Å². The number of anilines is 2. The fraction of sp³-hybridized carbons (Fsp3) is 0.467. The van der Waals surface area contributed by atoms with E-state index in [0.717, 1.165) is 44.5 Å². The molecule has 5 heteroatoms. The molecule has 0 aromatic heterocycles. The van der Waals surface area contributed by atoms with E-state index in [1.165, 1.54) is 0 Å². The summed E-state index contributed by atoms with van der Waals surface area (Å²) in [7, 11) is 0. The van der Waals surface area contributed by atoms with Gasteiger partial charge >= 0.3 is 0 Å². The van der Waals surface area contributed by atoms with Crippen molar-refractivity contribution >= 4 is 23.2 Å². The Balaban J connectivity index is 1.90. The molecule has 1 saturated heterocycles. The molecule has 1 aromatic rings. The van der Waals surface area contributed by atoms with E-state index < -0.39 is 5.91 Å². The normalized spacial score (nSPS) is 18.1. The van der Waals surface area contributed by atoms with Crippen LogP contribution in [0.2, 0.25) is 0 Å². The average Bonchev–Trinajstić information content (AvgIpc) is 3.15. The Morgan fingerprint density at radius 2 is 1.90 bits per heavy atom. The number of nitrogens with zero attached hydrogens (tertiary/aromatic N) is 1. The molecule has 2 fully saturated rings. The first kappa shape index (κ1) is 13.0. The zero-order chi connectivity index (χ0) is 14.1. The van der Waals surface area contributed by atoms with Crippen molar-refractivity contribution in [2.75, 3.05) is 23.3 Å². The summed E-state index contributed by atoms with van der Waals surface area (Å²) in [5.41, 5.74) is 7.45. The van der Waals surface area contributed by atoms with Crippen molar-refractivity contribution in [2.24, 2.45) is 11.7 Å². The molecule has 1 heterocycles. The maximum atomic E-state index is 12.0. The minimum absolute atomic E-state index is 0.0482. The predicted molar refractivity (Wildman–Crippen MR) is 77.8 cm³/mol. The SMILES string of the molecule is NC(=O)c1ccc(N2CCCC2)c(NC(=O)C2CC2)c1. The van der Waals surface area contributed by atoms with Gasteiger partial charge in [0.25, 0.3) is 0 Å². The van der Waals surface area contributed by atoms with Gasteiger partial charge in [0, 0.05) is 24.6 Å². The summed E-state index contributed by atoms with van der Waals surface area (Å²) in [5.74, 6) is -0.286. The molecule has 0 radical (unpaired) electrons. The maximum absolute atomic E-state index is 12.0. The third kappa shape index (κ3) is 2.61. The topological polar surface area (TPSA) is 75.4 Å². The minimum atomic E-state index is -0.472. The van der Waals surface area contributed by atoms with Crippen LogP contribution in [0, 0.1) is 5.92 Å².